The third-order valence-corrected chi connectivity index (χ3v) is 9.24. The summed E-state index contributed by atoms with van der Waals surface area (Å²) in [6, 6.07) is 24.2. The summed E-state index contributed by atoms with van der Waals surface area (Å²) in [4.78, 5) is 16.4. The SMILES string of the molecule is CCCNS(=O)(=O)c1ccc2c(c1)CC(N(Cc1cc(Cl)ccc1OCCOC)C(=O)c1ccc3ccccc3c1)C2. The summed E-state index contributed by atoms with van der Waals surface area (Å²) in [5.74, 6) is 0.525. The summed E-state index contributed by atoms with van der Waals surface area (Å²) in [7, 11) is -1.99. The highest BCUT2D eigenvalue weighted by atomic mass is 35.5. The Balaban J connectivity index is 1.49. The van der Waals surface area contributed by atoms with Crippen LogP contribution in [0.3, 0.4) is 0 Å². The lowest BCUT2D eigenvalue weighted by Crippen LogP contribution is -2.40. The van der Waals surface area contributed by atoms with E-state index < -0.39 is 10.0 Å². The van der Waals surface area contributed by atoms with Crippen molar-refractivity contribution in [2.45, 2.75) is 43.7 Å². The monoisotopic (exact) mass is 606 g/mol. The van der Waals surface area contributed by atoms with E-state index >= 15 is 0 Å². The maximum absolute atomic E-state index is 14.3. The first-order chi connectivity index (χ1) is 20.3. The molecule has 4 aromatic rings. The highest BCUT2D eigenvalue weighted by molar-refractivity contribution is 7.89. The molecule has 1 N–H and O–H groups in total. The van der Waals surface area contributed by atoms with Crippen LogP contribution in [0.4, 0.5) is 0 Å². The van der Waals surface area contributed by atoms with Crippen LogP contribution in [0.5, 0.6) is 5.75 Å². The molecule has 1 unspecified atom stereocenters. The quantitative estimate of drug-likeness (QED) is 0.200. The average Bonchev–Trinajstić information content (AvgIpc) is 3.42. The highest BCUT2D eigenvalue weighted by Crippen LogP contribution is 2.32. The Morgan fingerprint density at radius 2 is 1.74 bits per heavy atom. The van der Waals surface area contributed by atoms with E-state index in [2.05, 4.69) is 4.72 Å². The molecular weight excluding hydrogens is 572 g/mol. The van der Waals surface area contributed by atoms with Crippen molar-refractivity contribution >= 4 is 38.3 Å². The molecule has 1 atom stereocenters. The molecule has 0 fully saturated rings. The molecule has 0 saturated heterocycles. The number of methoxy groups -OCH3 is 1. The Hall–Kier alpha value is -3.43. The molecule has 7 nitrogen and oxygen atoms in total. The van der Waals surface area contributed by atoms with Gasteiger partial charge in [-0.05, 0) is 83.6 Å². The summed E-state index contributed by atoms with van der Waals surface area (Å²) in [6.07, 6.45) is 1.85. The van der Waals surface area contributed by atoms with Gasteiger partial charge in [0.05, 0.1) is 11.5 Å². The second-order valence-electron chi connectivity index (χ2n) is 10.5. The zero-order valence-corrected chi connectivity index (χ0v) is 25.4. The second-order valence-corrected chi connectivity index (χ2v) is 12.7. The molecular formula is C33H35ClN2O5S. The zero-order valence-electron chi connectivity index (χ0n) is 23.8. The molecule has 0 saturated carbocycles. The Morgan fingerprint density at radius 3 is 2.52 bits per heavy atom. The van der Waals surface area contributed by atoms with Crippen molar-refractivity contribution in [3.8, 4) is 5.75 Å². The topological polar surface area (TPSA) is 84.9 Å². The van der Waals surface area contributed by atoms with Gasteiger partial charge in [-0.15, -0.1) is 0 Å². The van der Waals surface area contributed by atoms with Crippen molar-refractivity contribution in [3.05, 3.63) is 106 Å². The van der Waals surface area contributed by atoms with Crippen LogP contribution >= 0.6 is 11.6 Å². The number of nitrogens with one attached hydrogen (secondary N) is 1. The van der Waals surface area contributed by atoms with Gasteiger partial charge in [-0.3, -0.25) is 4.79 Å². The first-order valence-electron chi connectivity index (χ1n) is 14.1. The molecule has 220 valence electrons. The van der Waals surface area contributed by atoms with Crippen molar-refractivity contribution in [1.82, 2.24) is 9.62 Å². The number of sulfonamides is 1. The number of hydrogen-bond donors (Lipinski definition) is 1. The van der Waals surface area contributed by atoms with E-state index in [0.29, 0.717) is 55.4 Å². The van der Waals surface area contributed by atoms with Gasteiger partial charge in [0, 0.05) is 42.4 Å². The first-order valence-corrected chi connectivity index (χ1v) is 16.0. The fourth-order valence-electron chi connectivity index (χ4n) is 5.36. The van der Waals surface area contributed by atoms with E-state index in [1.54, 1.807) is 25.3 Å². The third kappa shape index (κ3) is 6.79. The third-order valence-electron chi connectivity index (χ3n) is 7.55. The van der Waals surface area contributed by atoms with E-state index in [0.717, 1.165) is 27.5 Å². The van der Waals surface area contributed by atoms with Crippen LogP contribution in [0.25, 0.3) is 10.8 Å². The molecule has 9 heteroatoms. The van der Waals surface area contributed by atoms with E-state index in [-0.39, 0.29) is 23.4 Å². The fourth-order valence-corrected chi connectivity index (χ4v) is 6.74. The first kappa shape index (κ1) is 30.0. The summed E-state index contributed by atoms with van der Waals surface area (Å²) in [6.45, 7) is 3.37. The standard InChI is InChI=1S/C33H35ClN2O5S/c1-3-14-35-42(38,39)31-12-10-25-19-30(20-27(25)21-31)36(22-28-18-29(34)11-13-32(28)41-16-15-40-2)33(37)26-9-8-23-6-4-5-7-24(23)17-26/h4-13,17-18,21,30,35H,3,14-16,19-20,22H2,1-2H3. The molecule has 4 aromatic carbocycles. The number of carbonyl (C=O) groups is 1. The number of fused-ring (bicyclic) bond motifs is 2. The molecule has 0 radical (unpaired) electrons. The maximum atomic E-state index is 14.3. The average molecular weight is 607 g/mol. The molecule has 0 heterocycles. The van der Waals surface area contributed by atoms with Crippen LogP contribution in [-0.2, 0) is 34.1 Å². The molecule has 0 spiro atoms. The largest absolute Gasteiger partial charge is 0.491 e. The van der Waals surface area contributed by atoms with Crippen molar-refractivity contribution in [2.24, 2.45) is 0 Å². The number of halogens is 1. The summed E-state index contributed by atoms with van der Waals surface area (Å²) in [5, 5.41) is 2.59. The fraction of sp³-hybridized carbons (Fsp3) is 0.303. The highest BCUT2D eigenvalue weighted by Gasteiger charge is 2.32. The van der Waals surface area contributed by atoms with Crippen LogP contribution < -0.4 is 9.46 Å². The predicted octanol–water partition coefficient (Wildman–Crippen LogP) is 6.02. The number of ether oxygens (including phenoxy) is 2. The Morgan fingerprint density at radius 1 is 0.952 bits per heavy atom. The number of carbonyl (C=O) groups excluding carboxylic acids is 1. The molecule has 0 aliphatic heterocycles. The molecule has 0 aromatic heterocycles. The maximum Gasteiger partial charge on any atom is 0.254 e. The zero-order chi connectivity index (χ0) is 29.7. The van der Waals surface area contributed by atoms with E-state index in [1.807, 2.05) is 72.5 Å². The van der Waals surface area contributed by atoms with Gasteiger partial charge in [0.2, 0.25) is 10.0 Å². The van der Waals surface area contributed by atoms with Gasteiger partial charge in [-0.1, -0.05) is 54.9 Å². The minimum absolute atomic E-state index is 0.112. The summed E-state index contributed by atoms with van der Waals surface area (Å²) in [5.41, 5.74) is 3.34. The minimum atomic E-state index is -3.60. The molecule has 1 amide bonds. The lowest BCUT2D eigenvalue weighted by atomic mass is 10.0. The van der Waals surface area contributed by atoms with Gasteiger partial charge < -0.3 is 14.4 Å². The molecule has 5 rings (SSSR count). The van der Waals surface area contributed by atoms with Crippen molar-refractivity contribution in [1.29, 1.82) is 0 Å². The Bertz CT molecular complexity index is 1690. The van der Waals surface area contributed by atoms with Gasteiger partial charge in [0.1, 0.15) is 12.4 Å². The van der Waals surface area contributed by atoms with Crippen LogP contribution in [0.2, 0.25) is 5.02 Å². The van der Waals surface area contributed by atoms with Gasteiger partial charge in [-0.25, -0.2) is 13.1 Å². The van der Waals surface area contributed by atoms with Crippen molar-refractivity contribution in [3.63, 3.8) is 0 Å². The van der Waals surface area contributed by atoms with Gasteiger partial charge in [-0.2, -0.15) is 0 Å². The minimum Gasteiger partial charge on any atom is -0.491 e. The normalized spacial score (nSPS) is 14.6. The van der Waals surface area contributed by atoms with Gasteiger partial charge >= 0.3 is 0 Å². The van der Waals surface area contributed by atoms with Crippen molar-refractivity contribution in [2.75, 3.05) is 26.9 Å². The smallest absolute Gasteiger partial charge is 0.254 e. The number of amides is 1. The molecule has 42 heavy (non-hydrogen) atoms. The Labute approximate surface area is 252 Å². The number of rotatable bonds is 12. The van der Waals surface area contributed by atoms with E-state index in [9.17, 15) is 13.2 Å². The van der Waals surface area contributed by atoms with Crippen molar-refractivity contribution < 1.29 is 22.7 Å². The van der Waals surface area contributed by atoms with Crippen LogP contribution in [0.15, 0.2) is 83.8 Å². The molecule has 1 aliphatic rings. The predicted molar refractivity (Wildman–Crippen MR) is 166 cm³/mol. The van der Waals surface area contributed by atoms with E-state index in [4.69, 9.17) is 21.1 Å². The van der Waals surface area contributed by atoms with Crippen LogP contribution in [0.1, 0.15) is 40.4 Å². The summed E-state index contributed by atoms with van der Waals surface area (Å²) >= 11 is 6.41. The van der Waals surface area contributed by atoms with Crippen LogP contribution in [0, 0.1) is 0 Å². The number of hydrogen-bond acceptors (Lipinski definition) is 5. The molecule has 0 bridgehead atoms. The van der Waals surface area contributed by atoms with Gasteiger partial charge in [0.15, 0.2) is 0 Å². The number of nitrogens with zero attached hydrogens (tertiary/aromatic N) is 1. The van der Waals surface area contributed by atoms with Crippen LogP contribution in [-0.4, -0.2) is 52.1 Å². The number of benzene rings is 4. The Kier molecular flexibility index (Phi) is 9.48. The summed E-state index contributed by atoms with van der Waals surface area (Å²) < 4.78 is 39.4. The second kappa shape index (κ2) is 13.3. The van der Waals surface area contributed by atoms with Gasteiger partial charge in [0.25, 0.3) is 5.91 Å². The van der Waals surface area contributed by atoms with E-state index in [1.165, 1.54) is 0 Å². The molecule has 1 aliphatic carbocycles. The lowest BCUT2D eigenvalue weighted by Gasteiger charge is -2.30. The lowest BCUT2D eigenvalue weighted by molar-refractivity contribution is 0.0665.